The Labute approximate surface area is 76.8 Å². The predicted molar refractivity (Wildman–Crippen MR) is 45.9 cm³/mol. The molecular formula is C6H15O6P. The van der Waals surface area contributed by atoms with Gasteiger partial charge in [0, 0.05) is 5.97 Å². The maximum absolute atomic E-state index is 8.89. The van der Waals surface area contributed by atoms with Gasteiger partial charge in [0.25, 0.3) is 0 Å². The van der Waals surface area contributed by atoms with E-state index in [0.717, 1.165) is 6.92 Å². The zero-order valence-electron chi connectivity index (χ0n) is 7.38. The van der Waals surface area contributed by atoms with Gasteiger partial charge in [-0.3, -0.25) is 0 Å². The van der Waals surface area contributed by atoms with Gasteiger partial charge in [-0.2, -0.15) is 0 Å². The lowest BCUT2D eigenvalue weighted by molar-refractivity contribution is -0.302. The molecule has 0 amide bonds. The maximum Gasteiger partial charge on any atom is 0.161 e. The highest BCUT2D eigenvalue weighted by atomic mass is 31.2. The van der Waals surface area contributed by atoms with Gasteiger partial charge in [-0.25, -0.2) is 0 Å². The van der Waals surface area contributed by atoms with E-state index in [1.54, 1.807) is 0 Å². The lowest BCUT2D eigenvalue weighted by atomic mass is 10.9. The van der Waals surface area contributed by atoms with Crippen LogP contribution in [0.3, 0.4) is 0 Å². The first-order valence-electron chi connectivity index (χ1n) is 3.44. The Morgan fingerprint density at radius 1 is 1.08 bits per heavy atom. The highest BCUT2D eigenvalue weighted by molar-refractivity contribution is 7.75. The van der Waals surface area contributed by atoms with Crippen LogP contribution in [-0.2, 0) is 4.79 Å². The van der Waals surface area contributed by atoms with Crippen molar-refractivity contribution in [2.24, 2.45) is 0 Å². The fourth-order valence-electron chi connectivity index (χ4n) is 0.268. The Bertz CT molecular complexity index is 114. The van der Waals surface area contributed by atoms with Gasteiger partial charge in [0.1, 0.15) is 7.26 Å². The van der Waals surface area contributed by atoms with Gasteiger partial charge in [-0.15, -0.1) is 0 Å². The Balaban J connectivity index is 0. The molecular weight excluding hydrogens is 199 g/mol. The predicted octanol–water partition coefficient (Wildman–Crippen LogP) is -2.44. The highest BCUT2D eigenvalue weighted by Gasteiger charge is 2.34. The summed E-state index contributed by atoms with van der Waals surface area (Å²) >= 11 is 0. The zero-order valence-corrected chi connectivity index (χ0v) is 8.28. The molecule has 0 aliphatic rings. The summed E-state index contributed by atoms with van der Waals surface area (Å²) < 4.78 is 0. The SMILES string of the molecule is CC(=O)[O-].OC[P+](CO)(CO)CO. The van der Waals surface area contributed by atoms with Crippen LogP contribution in [-0.4, -0.2) is 51.8 Å². The van der Waals surface area contributed by atoms with E-state index in [1.165, 1.54) is 0 Å². The van der Waals surface area contributed by atoms with Crippen molar-refractivity contribution in [2.75, 3.05) is 25.4 Å². The molecule has 0 aromatic carbocycles. The number of aliphatic hydroxyl groups excluding tert-OH is 4. The van der Waals surface area contributed by atoms with E-state index in [2.05, 4.69) is 0 Å². The van der Waals surface area contributed by atoms with Crippen molar-refractivity contribution in [1.82, 2.24) is 0 Å². The largest absolute Gasteiger partial charge is 0.550 e. The highest BCUT2D eigenvalue weighted by Crippen LogP contribution is 2.54. The number of hydrogen-bond donors (Lipinski definition) is 4. The van der Waals surface area contributed by atoms with Crippen LogP contribution in [0.15, 0.2) is 0 Å². The Kier molecular flexibility index (Phi) is 9.77. The van der Waals surface area contributed by atoms with E-state index >= 15 is 0 Å². The number of carboxylic acids is 1. The molecule has 0 aromatic rings. The molecule has 0 atom stereocenters. The average molecular weight is 214 g/mol. The number of aliphatic carboxylic acids is 1. The zero-order chi connectivity index (χ0) is 10.9. The van der Waals surface area contributed by atoms with E-state index < -0.39 is 13.2 Å². The van der Waals surface area contributed by atoms with Crippen molar-refractivity contribution in [2.45, 2.75) is 6.92 Å². The van der Waals surface area contributed by atoms with Gasteiger partial charge >= 0.3 is 0 Å². The summed E-state index contributed by atoms with van der Waals surface area (Å²) in [7, 11) is -2.20. The third-order valence-corrected chi connectivity index (χ3v) is 3.60. The lowest BCUT2D eigenvalue weighted by Gasteiger charge is -2.15. The average Bonchev–Trinajstić information content (AvgIpc) is 2.09. The normalized spacial score (nSPS) is 10.2. The van der Waals surface area contributed by atoms with E-state index in [4.69, 9.17) is 30.3 Å². The number of carbonyl (C=O) groups is 1. The van der Waals surface area contributed by atoms with Crippen LogP contribution < -0.4 is 5.11 Å². The summed E-state index contributed by atoms with van der Waals surface area (Å²) in [5.41, 5.74) is 0. The third kappa shape index (κ3) is 8.08. The summed E-state index contributed by atoms with van der Waals surface area (Å²) in [6.07, 6.45) is -1.18. The number of carboxylic acid groups (broad SMARTS) is 1. The fraction of sp³-hybridized carbons (Fsp3) is 0.833. The minimum Gasteiger partial charge on any atom is -0.550 e. The summed E-state index contributed by atoms with van der Waals surface area (Å²) in [4.78, 5) is 8.89. The van der Waals surface area contributed by atoms with Crippen LogP contribution in [0.2, 0.25) is 0 Å². The first kappa shape index (κ1) is 15.2. The molecule has 0 rings (SSSR count). The van der Waals surface area contributed by atoms with Crippen LogP contribution in [0.1, 0.15) is 6.92 Å². The van der Waals surface area contributed by atoms with E-state index in [-0.39, 0.29) is 25.4 Å². The van der Waals surface area contributed by atoms with Crippen molar-refractivity contribution in [3.63, 3.8) is 0 Å². The van der Waals surface area contributed by atoms with E-state index in [1.807, 2.05) is 0 Å². The molecule has 0 aliphatic heterocycles. The van der Waals surface area contributed by atoms with E-state index in [9.17, 15) is 0 Å². The van der Waals surface area contributed by atoms with Crippen molar-refractivity contribution in [1.29, 1.82) is 0 Å². The Morgan fingerprint density at radius 2 is 1.23 bits per heavy atom. The number of hydrogen-bond acceptors (Lipinski definition) is 6. The molecule has 0 aromatic heterocycles. The molecule has 0 spiro atoms. The van der Waals surface area contributed by atoms with Crippen LogP contribution in [0.5, 0.6) is 0 Å². The molecule has 0 radical (unpaired) electrons. The second kappa shape index (κ2) is 8.34. The molecule has 0 bridgehead atoms. The molecule has 6 nitrogen and oxygen atoms in total. The second-order valence-corrected chi connectivity index (χ2v) is 6.21. The molecule has 13 heavy (non-hydrogen) atoms. The molecule has 0 fully saturated rings. The van der Waals surface area contributed by atoms with Crippen molar-refractivity contribution in [3.8, 4) is 0 Å². The topological polar surface area (TPSA) is 121 Å². The quantitative estimate of drug-likeness (QED) is 0.386. The van der Waals surface area contributed by atoms with Gasteiger partial charge < -0.3 is 30.3 Å². The van der Waals surface area contributed by atoms with Crippen molar-refractivity contribution >= 4 is 13.2 Å². The fourth-order valence-corrected chi connectivity index (χ4v) is 0.805. The molecule has 7 heteroatoms. The molecule has 80 valence electrons. The minimum absolute atomic E-state index is 0.295. The molecule has 0 heterocycles. The molecule has 0 saturated heterocycles. The molecule has 4 N–H and O–H groups in total. The molecule has 0 aliphatic carbocycles. The van der Waals surface area contributed by atoms with Crippen LogP contribution >= 0.6 is 7.26 Å². The maximum atomic E-state index is 8.89. The standard InChI is InChI=1S/C4H12O4P.C2H4O2/c5-1-9(2-6,3-7)4-8;1-2(3)4/h5-8H,1-4H2;1H3,(H,3,4)/q+1;/p-1. The summed E-state index contributed by atoms with van der Waals surface area (Å²) in [5, 5.41) is 43.1. The van der Waals surface area contributed by atoms with Gasteiger partial charge in [-0.05, 0) is 6.92 Å². The second-order valence-electron chi connectivity index (χ2n) is 2.40. The number of carbonyl (C=O) groups excluding carboxylic acids is 1. The molecule has 0 unspecified atom stereocenters. The number of aliphatic hydroxyl groups is 4. The first-order valence-corrected chi connectivity index (χ1v) is 5.97. The first-order chi connectivity index (χ1) is 5.97. The van der Waals surface area contributed by atoms with Crippen LogP contribution in [0.4, 0.5) is 0 Å². The van der Waals surface area contributed by atoms with Crippen LogP contribution in [0, 0.1) is 0 Å². The van der Waals surface area contributed by atoms with Crippen molar-refractivity contribution in [3.05, 3.63) is 0 Å². The molecule has 0 saturated carbocycles. The Morgan fingerprint density at radius 3 is 1.23 bits per heavy atom. The third-order valence-electron chi connectivity index (χ3n) is 1.20. The minimum atomic E-state index is -2.20. The van der Waals surface area contributed by atoms with Gasteiger partial charge in [0.2, 0.25) is 0 Å². The Hall–Kier alpha value is -0.260. The van der Waals surface area contributed by atoms with Gasteiger partial charge in [0.05, 0.1) is 0 Å². The summed E-state index contributed by atoms with van der Waals surface area (Å²) in [6, 6.07) is 0. The van der Waals surface area contributed by atoms with Gasteiger partial charge in [-0.1, -0.05) is 0 Å². The lowest BCUT2D eigenvalue weighted by Crippen LogP contribution is -2.16. The van der Waals surface area contributed by atoms with Crippen molar-refractivity contribution < 1.29 is 30.3 Å². The smallest absolute Gasteiger partial charge is 0.161 e. The number of rotatable bonds is 4. The summed E-state index contributed by atoms with van der Waals surface area (Å²) in [5.74, 6) is -1.08. The van der Waals surface area contributed by atoms with E-state index in [0.29, 0.717) is 0 Å². The monoisotopic (exact) mass is 214 g/mol. The van der Waals surface area contributed by atoms with Gasteiger partial charge in [0.15, 0.2) is 25.4 Å². The summed E-state index contributed by atoms with van der Waals surface area (Å²) in [6.45, 7) is 0.972. The van der Waals surface area contributed by atoms with Crippen LogP contribution in [0.25, 0.3) is 0 Å².